The van der Waals surface area contributed by atoms with Gasteiger partial charge in [-0.25, -0.2) is 4.79 Å². The van der Waals surface area contributed by atoms with Gasteiger partial charge in [-0.1, -0.05) is 48.5 Å². The Morgan fingerprint density at radius 3 is 2.55 bits per heavy atom. The van der Waals surface area contributed by atoms with E-state index in [-0.39, 0.29) is 12.1 Å². The van der Waals surface area contributed by atoms with Crippen LogP contribution in [0.1, 0.15) is 33.3 Å². The van der Waals surface area contributed by atoms with Crippen molar-refractivity contribution in [2.75, 3.05) is 0 Å². The van der Waals surface area contributed by atoms with E-state index in [1.807, 2.05) is 60.8 Å². The normalized spacial score (nSPS) is 16.4. The number of ether oxygens (including phenoxy) is 1. The highest BCUT2D eigenvalue weighted by molar-refractivity contribution is 5.94. The summed E-state index contributed by atoms with van der Waals surface area (Å²) >= 11 is 0. The van der Waals surface area contributed by atoms with Crippen LogP contribution >= 0.6 is 0 Å². The molecule has 22 heavy (non-hydrogen) atoms. The van der Waals surface area contributed by atoms with Crippen LogP contribution in [0.5, 0.6) is 0 Å². The number of hydrogen-bond donors (Lipinski definition) is 0. The zero-order valence-electron chi connectivity index (χ0n) is 12.0. The summed E-state index contributed by atoms with van der Waals surface area (Å²) in [5.74, 6) is -0.243. The van der Waals surface area contributed by atoms with Gasteiger partial charge in [-0.05, 0) is 23.8 Å². The second-order valence-corrected chi connectivity index (χ2v) is 5.42. The monoisotopic (exact) mass is 289 g/mol. The molecule has 0 aliphatic carbocycles. The largest absolute Gasteiger partial charge is 0.447 e. The maximum absolute atomic E-state index is 12.0. The third kappa shape index (κ3) is 2.11. The Bertz CT molecular complexity index is 820. The molecule has 4 rings (SSSR count). The van der Waals surface area contributed by atoms with Crippen LogP contribution in [0.4, 0.5) is 0 Å². The topological polar surface area (TPSA) is 31.2 Å². The van der Waals surface area contributed by atoms with Gasteiger partial charge in [-0.2, -0.15) is 0 Å². The van der Waals surface area contributed by atoms with Crippen LogP contribution in [-0.2, 0) is 11.3 Å². The van der Waals surface area contributed by atoms with E-state index in [4.69, 9.17) is 4.74 Å². The third-order valence-electron chi connectivity index (χ3n) is 4.02. The lowest BCUT2D eigenvalue weighted by molar-refractivity contribution is 0.0445. The van der Waals surface area contributed by atoms with Crippen LogP contribution in [0.2, 0.25) is 0 Å². The van der Waals surface area contributed by atoms with E-state index in [9.17, 15) is 4.79 Å². The molecule has 1 atom stereocenters. The van der Waals surface area contributed by atoms with E-state index in [1.54, 1.807) is 0 Å². The predicted octanol–water partition coefficient (Wildman–Crippen LogP) is 3.80. The van der Waals surface area contributed by atoms with Crippen LogP contribution in [0.15, 0.2) is 72.9 Å². The molecule has 2 aromatic carbocycles. The summed E-state index contributed by atoms with van der Waals surface area (Å²) in [6, 6.07) is 21.9. The first-order valence-corrected chi connectivity index (χ1v) is 7.32. The SMILES string of the molecule is O=C1OC(c2cccn2Cc2ccccc2)c2ccccc21. The number of cyclic esters (lactones) is 1. The molecule has 0 bridgehead atoms. The Balaban J connectivity index is 1.71. The Labute approximate surface area is 128 Å². The van der Waals surface area contributed by atoms with Crippen molar-refractivity contribution in [3.63, 3.8) is 0 Å². The van der Waals surface area contributed by atoms with Crippen molar-refractivity contribution in [3.05, 3.63) is 95.3 Å². The van der Waals surface area contributed by atoms with Crippen LogP contribution in [0, 0.1) is 0 Å². The molecule has 3 heteroatoms. The molecule has 3 aromatic rings. The molecule has 0 spiro atoms. The number of carbonyl (C=O) groups excluding carboxylic acids is 1. The zero-order chi connectivity index (χ0) is 14.9. The lowest BCUT2D eigenvalue weighted by atomic mass is 10.0. The summed E-state index contributed by atoms with van der Waals surface area (Å²) in [6.45, 7) is 0.763. The molecule has 0 N–H and O–H groups in total. The molecule has 1 aliphatic rings. The van der Waals surface area contributed by atoms with E-state index in [1.165, 1.54) is 5.56 Å². The average molecular weight is 289 g/mol. The van der Waals surface area contributed by atoms with E-state index in [2.05, 4.69) is 16.7 Å². The Morgan fingerprint density at radius 2 is 1.68 bits per heavy atom. The van der Waals surface area contributed by atoms with Gasteiger partial charge in [0.25, 0.3) is 0 Å². The first kappa shape index (κ1) is 12.9. The second kappa shape index (κ2) is 5.19. The predicted molar refractivity (Wildman–Crippen MR) is 83.7 cm³/mol. The highest BCUT2D eigenvalue weighted by Gasteiger charge is 2.33. The Kier molecular flexibility index (Phi) is 3.04. The molecule has 1 unspecified atom stereocenters. The van der Waals surface area contributed by atoms with E-state index in [0.29, 0.717) is 5.56 Å². The van der Waals surface area contributed by atoms with Crippen molar-refractivity contribution in [1.29, 1.82) is 0 Å². The number of benzene rings is 2. The molecule has 2 heterocycles. The highest BCUT2D eigenvalue weighted by atomic mass is 16.5. The zero-order valence-corrected chi connectivity index (χ0v) is 12.0. The Hall–Kier alpha value is -2.81. The van der Waals surface area contributed by atoms with Crippen molar-refractivity contribution >= 4 is 5.97 Å². The molecule has 0 amide bonds. The van der Waals surface area contributed by atoms with Gasteiger partial charge in [0.2, 0.25) is 0 Å². The number of aromatic nitrogens is 1. The fourth-order valence-corrected chi connectivity index (χ4v) is 2.95. The molecule has 1 aromatic heterocycles. The van der Waals surface area contributed by atoms with Crippen LogP contribution in [0.25, 0.3) is 0 Å². The van der Waals surface area contributed by atoms with Gasteiger partial charge in [0.15, 0.2) is 6.10 Å². The van der Waals surface area contributed by atoms with Crippen molar-refractivity contribution in [3.8, 4) is 0 Å². The van der Waals surface area contributed by atoms with Gasteiger partial charge >= 0.3 is 5.97 Å². The molecule has 0 fully saturated rings. The lowest BCUT2D eigenvalue weighted by Crippen LogP contribution is -2.09. The summed E-state index contributed by atoms with van der Waals surface area (Å²) in [5, 5.41) is 0. The first-order chi connectivity index (χ1) is 10.8. The van der Waals surface area contributed by atoms with Crippen LogP contribution in [-0.4, -0.2) is 10.5 Å². The number of hydrogen-bond acceptors (Lipinski definition) is 2. The maximum atomic E-state index is 12.0. The molecule has 0 saturated heterocycles. The summed E-state index contributed by atoms with van der Waals surface area (Å²) in [6.07, 6.45) is 1.71. The molecule has 1 aliphatic heterocycles. The Morgan fingerprint density at radius 1 is 0.909 bits per heavy atom. The van der Waals surface area contributed by atoms with Crippen LogP contribution in [0.3, 0.4) is 0 Å². The molecular formula is C19H15NO2. The summed E-state index contributed by atoms with van der Waals surface area (Å²) < 4.78 is 7.73. The van der Waals surface area contributed by atoms with Gasteiger partial charge in [-0.15, -0.1) is 0 Å². The molecular weight excluding hydrogens is 274 g/mol. The highest BCUT2D eigenvalue weighted by Crippen LogP contribution is 2.35. The smallest absolute Gasteiger partial charge is 0.339 e. The standard InChI is InChI=1S/C19H15NO2/c21-19-16-10-5-4-9-15(16)18(22-19)17-11-6-12-20(17)13-14-7-2-1-3-8-14/h1-12,18H,13H2. The molecule has 3 nitrogen and oxygen atoms in total. The molecule has 0 saturated carbocycles. The van der Waals surface area contributed by atoms with E-state index < -0.39 is 0 Å². The lowest BCUT2D eigenvalue weighted by Gasteiger charge is -2.15. The summed E-state index contributed by atoms with van der Waals surface area (Å²) in [4.78, 5) is 12.0. The molecule has 0 radical (unpaired) electrons. The molecule has 108 valence electrons. The number of fused-ring (bicyclic) bond motifs is 1. The van der Waals surface area contributed by atoms with E-state index >= 15 is 0 Å². The van der Waals surface area contributed by atoms with Gasteiger partial charge in [0.1, 0.15) is 0 Å². The van der Waals surface area contributed by atoms with Gasteiger partial charge in [-0.3, -0.25) is 0 Å². The van der Waals surface area contributed by atoms with Crippen molar-refractivity contribution in [2.24, 2.45) is 0 Å². The first-order valence-electron chi connectivity index (χ1n) is 7.32. The maximum Gasteiger partial charge on any atom is 0.339 e. The number of rotatable bonds is 3. The third-order valence-corrected chi connectivity index (χ3v) is 4.02. The van der Waals surface area contributed by atoms with Gasteiger partial charge in [0.05, 0.1) is 11.3 Å². The van der Waals surface area contributed by atoms with Crippen molar-refractivity contribution < 1.29 is 9.53 Å². The number of nitrogens with zero attached hydrogens (tertiary/aromatic N) is 1. The minimum Gasteiger partial charge on any atom is -0.447 e. The summed E-state index contributed by atoms with van der Waals surface area (Å²) in [5.41, 5.74) is 3.83. The fourth-order valence-electron chi connectivity index (χ4n) is 2.95. The second-order valence-electron chi connectivity index (χ2n) is 5.42. The quantitative estimate of drug-likeness (QED) is 0.687. The number of esters is 1. The number of carbonyl (C=O) groups is 1. The van der Waals surface area contributed by atoms with Gasteiger partial charge in [0, 0.05) is 18.3 Å². The fraction of sp³-hybridized carbons (Fsp3) is 0.105. The average Bonchev–Trinajstić information content (AvgIpc) is 3.13. The van der Waals surface area contributed by atoms with E-state index in [0.717, 1.165) is 17.8 Å². The minimum absolute atomic E-state index is 0.243. The minimum atomic E-state index is -0.317. The summed E-state index contributed by atoms with van der Waals surface area (Å²) in [7, 11) is 0. The van der Waals surface area contributed by atoms with Gasteiger partial charge < -0.3 is 9.30 Å². The van der Waals surface area contributed by atoms with Crippen LogP contribution < -0.4 is 0 Å². The van der Waals surface area contributed by atoms with Crippen molar-refractivity contribution in [2.45, 2.75) is 12.6 Å². The van der Waals surface area contributed by atoms with Crippen molar-refractivity contribution in [1.82, 2.24) is 4.57 Å².